The number of thiophene rings is 1. The smallest absolute Gasteiger partial charge is 0.303 e. The van der Waals surface area contributed by atoms with Gasteiger partial charge in [-0.1, -0.05) is 18.5 Å². The number of carbonyl (C=O) groups is 2. The van der Waals surface area contributed by atoms with E-state index in [0.29, 0.717) is 29.0 Å². The molecule has 4 rings (SSSR count). The summed E-state index contributed by atoms with van der Waals surface area (Å²) < 4.78 is 0. The van der Waals surface area contributed by atoms with Gasteiger partial charge in [-0.15, -0.1) is 11.3 Å². The monoisotopic (exact) mass is 361 g/mol. The quantitative estimate of drug-likeness (QED) is 0.853. The molecule has 3 heterocycles. The number of benzene rings is 1. The van der Waals surface area contributed by atoms with Gasteiger partial charge in [-0.25, -0.2) is 0 Å². The van der Waals surface area contributed by atoms with Gasteiger partial charge in [0.15, 0.2) is 6.67 Å². The second-order valence-corrected chi connectivity index (χ2v) is 7.74. The molecule has 0 saturated carbocycles. The molecule has 0 spiro atoms. The summed E-state index contributed by atoms with van der Waals surface area (Å²) in [5, 5.41) is 2.63. The van der Waals surface area contributed by atoms with Gasteiger partial charge in [0, 0.05) is 28.3 Å². The Morgan fingerprint density at radius 1 is 1.33 bits per heavy atom. The Bertz CT molecular complexity index is 832. The van der Waals surface area contributed by atoms with Crippen molar-refractivity contribution in [2.24, 2.45) is 0 Å². The van der Waals surface area contributed by atoms with E-state index in [4.69, 9.17) is 11.6 Å². The highest BCUT2D eigenvalue weighted by Gasteiger charge is 2.40. The predicted octanol–water partition coefficient (Wildman–Crippen LogP) is 2.48. The summed E-state index contributed by atoms with van der Waals surface area (Å²) >= 11 is 7.80. The van der Waals surface area contributed by atoms with E-state index >= 15 is 0 Å². The molecule has 0 fully saturated rings. The number of halogens is 1. The van der Waals surface area contributed by atoms with Gasteiger partial charge < -0.3 is 4.90 Å². The van der Waals surface area contributed by atoms with Crippen molar-refractivity contribution in [2.45, 2.75) is 25.8 Å². The van der Waals surface area contributed by atoms with Crippen molar-refractivity contribution in [3.63, 3.8) is 0 Å². The van der Waals surface area contributed by atoms with Crippen LogP contribution < -0.4 is 9.80 Å². The molecule has 124 valence electrons. The third-order valence-electron chi connectivity index (χ3n) is 5.02. The van der Waals surface area contributed by atoms with Crippen LogP contribution in [0, 0.1) is 0 Å². The van der Waals surface area contributed by atoms with Gasteiger partial charge in [-0.2, -0.15) is 0 Å². The van der Waals surface area contributed by atoms with E-state index in [2.05, 4.69) is 18.4 Å². The molecule has 1 aromatic heterocycles. The van der Waals surface area contributed by atoms with Crippen LogP contribution in [-0.2, 0) is 11.2 Å². The first kappa shape index (κ1) is 15.8. The number of Topliss-reactive ketones (excluding diaryl/α,β-unsaturated/α-hetero) is 1. The number of anilines is 1. The number of ketones is 1. The van der Waals surface area contributed by atoms with Crippen molar-refractivity contribution in [3.05, 3.63) is 50.7 Å². The Hall–Kier alpha value is -1.69. The lowest BCUT2D eigenvalue weighted by Crippen LogP contribution is -3.15. The van der Waals surface area contributed by atoms with Gasteiger partial charge in [-0.05, 0) is 29.6 Å². The molecule has 2 aliphatic heterocycles. The van der Waals surface area contributed by atoms with Gasteiger partial charge in [0.05, 0.1) is 17.8 Å². The standard InChI is InChI=1S/C18H17ClN2O2S/c1-2-14-12-6-8-24-16(12)5-7-20(14)10-21-15-4-3-11(19)9-13(15)17(22)18(21)23/h3-4,6,8-9,14H,2,5,7,10H2,1H3/p+1/t14-/m1/s1. The zero-order valence-electron chi connectivity index (χ0n) is 13.3. The van der Waals surface area contributed by atoms with Crippen LogP contribution >= 0.6 is 22.9 Å². The molecule has 1 N–H and O–H groups in total. The van der Waals surface area contributed by atoms with E-state index in [-0.39, 0.29) is 0 Å². The van der Waals surface area contributed by atoms with Crippen molar-refractivity contribution in [3.8, 4) is 0 Å². The van der Waals surface area contributed by atoms with Crippen LogP contribution in [0.4, 0.5) is 5.69 Å². The molecule has 0 bridgehead atoms. The summed E-state index contributed by atoms with van der Waals surface area (Å²) in [7, 11) is 0. The molecule has 1 aromatic carbocycles. The lowest BCUT2D eigenvalue weighted by atomic mass is 9.98. The minimum Gasteiger partial charge on any atom is -0.311 e. The van der Waals surface area contributed by atoms with E-state index in [1.807, 2.05) is 11.3 Å². The van der Waals surface area contributed by atoms with E-state index in [1.54, 1.807) is 23.1 Å². The maximum Gasteiger partial charge on any atom is 0.303 e. The van der Waals surface area contributed by atoms with Crippen LogP contribution in [0.5, 0.6) is 0 Å². The number of rotatable bonds is 3. The van der Waals surface area contributed by atoms with E-state index < -0.39 is 11.7 Å². The second-order valence-electron chi connectivity index (χ2n) is 6.30. The molecule has 2 aliphatic rings. The summed E-state index contributed by atoms with van der Waals surface area (Å²) in [4.78, 5) is 29.1. The number of hydrogen-bond acceptors (Lipinski definition) is 3. The van der Waals surface area contributed by atoms with Crippen LogP contribution in [0.1, 0.15) is 40.2 Å². The summed E-state index contributed by atoms with van der Waals surface area (Å²) in [6.45, 7) is 3.68. The number of hydrogen-bond donors (Lipinski definition) is 1. The van der Waals surface area contributed by atoms with Gasteiger partial charge in [-0.3, -0.25) is 14.5 Å². The molecular formula is C18H18ClN2O2S+. The van der Waals surface area contributed by atoms with Crippen LogP contribution in [-0.4, -0.2) is 24.9 Å². The highest BCUT2D eigenvalue weighted by Crippen LogP contribution is 2.31. The zero-order chi connectivity index (χ0) is 16.8. The van der Waals surface area contributed by atoms with E-state index in [1.165, 1.54) is 15.3 Å². The maximum atomic E-state index is 12.5. The van der Waals surface area contributed by atoms with Crippen LogP contribution in [0.25, 0.3) is 0 Å². The van der Waals surface area contributed by atoms with Crippen LogP contribution in [0.2, 0.25) is 5.02 Å². The number of quaternary nitrogens is 1. The fourth-order valence-corrected chi connectivity index (χ4v) is 4.98. The number of carbonyl (C=O) groups excluding carboxylic acids is 2. The largest absolute Gasteiger partial charge is 0.311 e. The number of nitrogens with zero attached hydrogens (tertiary/aromatic N) is 1. The highest BCUT2D eigenvalue weighted by atomic mass is 35.5. The van der Waals surface area contributed by atoms with E-state index in [9.17, 15) is 9.59 Å². The lowest BCUT2D eigenvalue weighted by molar-refractivity contribution is -0.932. The molecule has 6 heteroatoms. The first-order chi connectivity index (χ1) is 11.6. The Balaban J connectivity index is 1.64. The van der Waals surface area contributed by atoms with Gasteiger partial charge in [0.25, 0.3) is 5.78 Å². The van der Waals surface area contributed by atoms with Gasteiger partial charge in [0.2, 0.25) is 0 Å². The molecule has 2 aromatic rings. The third-order valence-corrected chi connectivity index (χ3v) is 6.26. The first-order valence-electron chi connectivity index (χ1n) is 8.16. The molecule has 0 saturated heterocycles. The lowest BCUT2D eigenvalue weighted by Gasteiger charge is -2.34. The second kappa shape index (κ2) is 5.99. The molecular weight excluding hydrogens is 344 g/mol. The van der Waals surface area contributed by atoms with Crippen LogP contribution in [0.15, 0.2) is 29.6 Å². The number of nitrogens with one attached hydrogen (secondary N) is 1. The molecule has 24 heavy (non-hydrogen) atoms. The molecule has 0 aliphatic carbocycles. The van der Waals surface area contributed by atoms with Crippen molar-refractivity contribution >= 4 is 40.3 Å². The average molecular weight is 362 g/mol. The average Bonchev–Trinajstić information content (AvgIpc) is 3.14. The Morgan fingerprint density at radius 3 is 2.96 bits per heavy atom. The topological polar surface area (TPSA) is 41.8 Å². The third kappa shape index (κ3) is 2.39. The molecule has 1 unspecified atom stereocenters. The first-order valence-corrected chi connectivity index (χ1v) is 9.42. The van der Waals surface area contributed by atoms with Crippen LogP contribution in [0.3, 0.4) is 0 Å². The Kier molecular flexibility index (Phi) is 3.95. The molecule has 0 radical (unpaired) electrons. The SMILES string of the molecule is CC[C@@H]1c2ccsc2CC[NH+]1CN1C(=O)C(=O)c2cc(Cl)ccc21. The predicted molar refractivity (Wildman–Crippen MR) is 95.0 cm³/mol. The summed E-state index contributed by atoms with van der Waals surface area (Å²) in [6.07, 6.45) is 2.05. The number of amides is 1. The van der Waals surface area contributed by atoms with E-state index in [0.717, 1.165) is 19.4 Å². The van der Waals surface area contributed by atoms with Gasteiger partial charge in [0.1, 0.15) is 6.04 Å². The fourth-order valence-electron chi connectivity index (χ4n) is 3.86. The van der Waals surface area contributed by atoms with Crippen molar-refractivity contribution in [1.29, 1.82) is 0 Å². The fraction of sp³-hybridized carbons (Fsp3) is 0.333. The molecule has 1 amide bonds. The summed E-state index contributed by atoms with van der Waals surface area (Å²) in [5.74, 6) is -0.890. The zero-order valence-corrected chi connectivity index (χ0v) is 14.9. The van der Waals surface area contributed by atoms with Crippen molar-refractivity contribution < 1.29 is 14.5 Å². The minimum atomic E-state index is -0.451. The maximum absolute atomic E-state index is 12.5. The van der Waals surface area contributed by atoms with Gasteiger partial charge >= 0.3 is 5.91 Å². The molecule has 4 nitrogen and oxygen atoms in total. The van der Waals surface area contributed by atoms with Crippen molar-refractivity contribution in [2.75, 3.05) is 18.1 Å². The Labute approximate surface area is 149 Å². The minimum absolute atomic E-state index is 0.374. The molecule has 2 atom stereocenters. The Morgan fingerprint density at radius 2 is 2.17 bits per heavy atom. The number of fused-ring (bicyclic) bond motifs is 2. The van der Waals surface area contributed by atoms with Crippen molar-refractivity contribution in [1.82, 2.24) is 0 Å². The normalized spacial score (nSPS) is 22.7. The summed E-state index contributed by atoms with van der Waals surface area (Å²) in [5.41, 5.74) is 2.51. The highest BCUT2D eigenvalue weighted by molar-refractivity contribution is 7.10. The summed E-state index contributed by atoms with van der Waals surface area (Å²) in [6, 6.07) is 7.69.